The van der Waals surface area contributed by atoms with Gasteiger partial charge in [0.05, 0.1) is 6.10 Å². The Morgan fingerprint density at radius 3 is 2.45 bits per heavy atom. The smallest absolute Gasteiger partial charge is 0.163 e. The lowest BCUT2D eigenvalue weighted by Crippen LogP contribution is -2.39. The fourth-order valence-corrected chi connectivity index (χ4v) is 2.28. The summed E-state index contributed by atoms with van der Waals surface area (Å²) >= 11 is 0. The minimum Gasteiger partial charge on any atom is -0.393 e. The normalized spacial score (nSPS) is 21.1. The maximum Gasteiger partial charge on any atom is 0.163 e. The number of hydrogen-bond donors (Lipinski definition) is 3. The van der Waals surface area contributed by atoms with Crippen LogP contribution in [-0.2, 0) is 0 Å². The summed E-state index contributed by atoms with van der Waals surface area (Å²) in [5.41, 5.74) is 0.987. The quantitative estimate of drug-likeness (QED) is 0.794. The zero-order valence-electron chi connectivity index (χ0n) is 11.4. The average molecular weight is 270 g/mol. The van der Waals surface area contributed by atoms with Crippen molar-refractivity contribution >= 4 is 11.6 Å². The second kappa shape index (κ2) is 5.46. The lowest BCUT2D eigenvalue weighted by atomic mass is 9.89. The molecule has 5 heteroatoms. The zero-order valence-corrected chi connectivity index (χ0v) is 11.4. The van der Waals surface area contributed by atoms with Gasteiger partial charge in [0.15, 0.2) is 5.82 Å². The third-order valence-electron chi connectivity index (χ3n) is 3.48. The van der Waals surface area contributed by atoms with Crippen molar-refractivity contribution in [1.82, 2.24) is 9.97 Å². The second-order valence-corrected chi connectivity index (χ2v) is 5.04. The van der Waals surface area contributed by atoms with Crippen LogP contribution in [0.2, 0.25) is 0 Å². The summed E-state index contributed by atoms with van der Waals surface area (Å²) in [6.45, 7) is 0. The molecule has 0 unspecified atom stereocenters. The SMILES string of the molecule is CNc1cc(NC2CC(O)C2)nc(-c2ccccc2)n1. The fraction of sp³-hybridized carbons (Fsp3) is 0.333. The lowest BCUT2D eigenvalue weighted by molar-refractivity contribution is 0.0835. The molecule has 1 saturated carbocycles. The monoisotopic (exact) mass is 270 g/mol. The van der Waals surface area contributed by atoms with E-state index in [0.717, 1.165) is 30.0 Å². The summed E-state index contributed by atoms with van der Waals surface area (Å²) in [5, 5.41) is 15.7. The fourth-order valence-electron chi connectivity index (χ4n) is 2.28. The van der Waals surface area contributed by atoms with E-state index in [2.05, 4.69) is 20.6 Å². The summed E-state index contributed by atoms with van der Waals surface area (Å²) in [7, 11) is 1.84. The first-order valence-electron chi connectivity index (χ1n) is 6.81. The van der Waals surface area contributed by atoms with Crippen molar-refractivity contribution < 1.29 is 5.11 Å². The van der Waals surface area contributed by atoms with Gasteiger partial charge in [0, 0.05) is 24.7 Å². The van der Waals surface area contributed by atoms with Crippen LogP contribution in [-0.4, -0.2) is 34.3 Å². The molecule has 1 aromatic carbocycles. The van der Waals surface area contributed by atoms with Crippen LogP contribution in [0, 0.1) is 0 Å². The number of aliphatic hydroxyl groups excluding tert-OH is 1. The molecule has 3 N–H and O–H groups in total. The minimum absolute atomic E-state index is 0.174. The highest BCUT2D eigenvalue weighted by atomic mass is 16.3. The Labute approximate surface area is 118 Å². The van der Waals surface area contributed by atoms with Gasteiger partial charge in [-0.1, -0.05) is 30.3 Å². The first kappa shape index (κ1) is 12.9. The topological polar surface area (TPSA) is 70.1 Å². The summed E-state index contributed by atoms with van der Waals surface area (Å²) in [6, 6.07) is 12.1. The van der Waals surface area contributed by atoms with Crippen LogP contribution in [0.5, 0.6) is 0 Å². The molecule has 2 aromatic rings. The molecule has 0 bridgehead atoms. The molecular weight excluding hydrogens is 252 g/mol. The van der Waals surface area contributed by atoms with Crippen molar-refractivity contribution in [3.8, 4) is 11.4 Å². The predicted octanol–water partition coefficient (Wildman–Crippen LogP) is 2.12. The van der Waals surface area contributed by atoms with E-state index < -0.39 is 0 Å². The molecule has 20 heavy (non-hydrogen) atoms. The van der Waals surface area contributed by atoms with E-state index >= 15 is 0 Å². The molecule has 0 aliphatic heterocycles. The van der Waals surface area contributed by atoms with Crippen LogP contribution in [0.3, 0.4) is 0 Å². The number of rotatable bonds is 4. The highest BCUT2D eigenvalue weighted by Gasteiger charge is 2.27. The standard InChI is InChI=1S/C15H18N4O/c1-16-13-9-14(17-11-7-12(20)8-11)19-15(18-13)10-5-3-2-4-6-10/h2-6,9,11-12,20H,7-8H2,1H3,(H2,16,17,18,19). The van der Waals surface area contributed by atoms with E-state index in [-0.39, 0.29) is 6.10 Å². The van der Waals surface area contributed by atoms with Crippen molar-refractivity contribution in [2.45, 2.75) is 25.0 Å². The highest BCUT2D eigenvalue weighted by Crippen LogP contribution is 2.25. The molecule has 1 aliphatic rings. The number of aliphatic hydroxyl groups is 1. The van der Waals surface area contributed by atoms with Crippen LogP contribution >= 0.6 is 0 Å². The Bertz CT molecular complexity index is 582. The Morgan fingerprint density at radius 2 is 1.80 bits per heavy atom. The van der Waals surface area contributed by atoms with Gasteiger partial charge in [0.2, 0.25) is 0 Å². The predicted molar refractivity (Wildman–Crippen MR) is 79.7 cm³/mol. The molecule has 0 saturated heterocycles. The molecule has 1 aromatic heterocycles. The largest absolute Gasteiger partial charge is 0.393 e. The molecule has 0 amide bonds. The lowest BCUT2D eigenvalue weighted by Gasteiger charge is -2.32. The van der Waals surface area contributed by atoms with Gasteiger partial charge < -0.3 is 15.7 Å². The van der Waals surface area contributed by atoms with Crippen LogP contribution < -0.4 is 10.6 Å². The number of hydrogen-bond acceptors (Lipinski definition) is 5. The molecule has 5 nitrogen and oxygen atoms in total. The van der Waals surface area contributed by atoms with Crippen LogP contribution in [0.1, 0.15) is 12.8 Å². The summed E-state index contributed by atoms with van der Waals surface area (Å²) in [5.74, 6) is 2.26. The van der Waals surface area contributed by atoms with Crippen molar-refractivity contribution in [1.29, 1.82) is 0 Å². The van der Waals surface area contributed by atoms with E-state index in [9.17, 15) is 5.11 Å². The van der Waals surface area contributed by atoms with Crippen molar-refractivity contribution in [2.24, 2.45) is 0 Å². The Hall–Kier alpha value is -2.14. The third kappa shape index (κ3) is 2.72. The molecule has 0 spiro atoms. The van der Waals surface area contributed by atoms with Gasteiger partial charge in [-0.2, -0.15) is 0 Å². The summed E-state index contributed by atoms with van der Waals surface area (Å²) < 4.78 is 0. The maximum atomic E-state index is 9.34. The van der Waals surface area contributed by atoms with Gasteiger partial charge in [0.1, 0.15) is 11.6 Å². The van der Waals surface area contributed by atoms with E-state index in [1.165, 1.54) is 0 Å². The number of anilines is 2. The summed E-state index contributed by atoms with van der Waals surface area (Å²) in [4.78, 5) is 9.03. The number of nitrogens with one attached hydrogen (secondary N) is 2. The summed E-state index contributed by atoms with van der Waals surface area (Å²) in [6.07, 6.45) is 1.38. The third-order valence-corrected chi connectivity index (χ3v) is 3.48. The van der Waals surface area contributed by atoms with E-state index in [1.807, 2.05) is 43.4 Å². The van der Waals surface area contributed by atoms with Crippen molar-refractivity contribution in [2.75, 3.05) is 17.7 Å². The molecule has 0 atom stereocenters. The van der Waals surface area contributed by atoms with E-state index in [1.54, 1.807) is 0 Å². The maximum absolute atomic E-state index is 9.34. The first-order valence-corrected chi connectivity index (χ1v) is 6.81. The molecule has 0 radical (unpaired) electrons. The van der Waals surface area contributed by atoms with E-state index in [0.29, 0.717) is 11.9 Å². The van der Waals surface area contributed by atoms with Crippen LogP contribution in [0.15, 0.2) is 36.4 Å². The molecule has 1 fully saturated rings. The van der Waals surface area contributed by atoms with E-state index in [4.69, 9.17) is 0 Å². The molecule has 3 rings (SSSR count). The Balaban J connectivity index is 1.87. The number of aromatic nitrogens is 2. The second-order valence-electron chi connectivity index (χ2n) is 5.04. The Morgan fingerprint density at radius 1 is 1.10 bits per heavy atom. The molecule has 1 heterocycles. The number of benzene rings is 1. The van der Waals surface area contributed by atoms with Gasteiger partial charge in [-0.25, -0.2) is 9.97 Å². The molecule has 104 valence electrons. The molecular formula is C15H18N4O. The minimum atomic E-state index is -0.174. The zero-order chi connectivity index (χ0) is 13.9. The molecule has 1 aliphatic carbocycles. The van der Waals surface area contributed by atoms with Crippen LogP contribution in [0.25, 0.3) is 11.4 Å². The van der Waals surface area contributed by atoms with Gasteiger partial charge in [0.25, 0.3) is 0 Å². The van der Waals surface area contributed by atoms with Crippen molar-refractivity contribution in [3.05, 3.63) is 36.4 Å². The van der Waals surface area contributed by atoms with Gasteiger partial charge in [-0.15, -0.1) is 0 Å². The number of nitrogens with zero attached hydrogens (tertiary/aromatic N) is 2. The van der Waals surface area contributed by atoms with Gasteiger partial charge in [-0.05, 0) is 12.8 Å². The van der Waals surface area contributed by atoms with Crippen molar-refractivity contribution in [3.63, 3.8) is 0 Å². The van der Waals surface area contributed by atoms with Gasteiger partial charge >= 0.3 is 0 Å². The highest BCUT2D eigenvalue weighted by molar-refractivity contribution is 5.61. The van der Waals surface area contributed by atoms with Gasteiger partial charge in [-0.3, -0.25) is 0 Å². The Kier molecular flexibility index (Phi) is 3.52. The van der Waals surface area contributed by atoms with Crippen LogP contribution in [0.4, 0.5) is 11.6 Å². The average Bonchev–Trinajstić information content (AvgIpc) is 2.46. The first-order chi connectivity index (χ1) is 9.74.